The maximum atomic E-state index is 12.5. The number of aromatic nitrogens is 1. The van der Waals surface area contributed by atoms with Crippen LogP contribution < -0.4 is 10.9 Å². The smallest absolute Gasteiger partial charge is 0.261 e. The summed E-state index contributed by atoms with van der Waals surface area (Å²) in [6.45, 7) is 8.27. The first-order chi connectivity index (χ1) is 15.0. The Morgan fingerprint density at radius 3 is 2.42 bits per heavy atom. The number of pyridine rings is 1. The largest absolute Gasteiger partial charge is 0.463 e. The van der Waals surface area contributed by atoms with E-state index in [0.717, 1.165) is 37.0 Å². The van der Waals surface area contributed by atoms with E-state index in [1.54, 1.807) is 18.2 Å². The number of carbonyl (C=O) groups is 1. The summed E-state index contributed by atoms with van der Waals surface area (Å²) in [5.74, 6) is 1.65. The van der Waals surface area contributed by atoms with Gasteiger partial charge in [-0.15, -0.1) is 0 Å². The molecule has 6 heteroatoms. The quantitative estimate of drug-likeness (QED) is 0.632. The second kappa shape index (κ2) is 9.35. The zero-order chi connectivity index (χ0) is 21.8. The SMILES string of the molecule is CC1CC(C)CN(Cc2ccc(CNC(=O)c3ccc(-c4ccco4)[nH]c3=O)cc2)C1. The van der Waals surface area contributed by atoms with Gasteiger partial charge >= 0.3 is 0 Å². The summed E-state index contributed by atoms with van der Waals surface area (Å²) in [6.07, 6.45) is 2.84. The Kier molecular flexibility index (Phi) is 6.37. The predicted molar refractivity (Wildman–Crippen MR) is 121 cm³/mol. The van der Waals surface area contributed by atoms with Crippen LogP contribution in [0.5, 0.6) is 0 Å². The Bertz CT molecular complexity index is 1060. The van der Waals surface area contributed by atoms with E-state index in [1.165, 1.54) is 24.3 Å². The second-order valence-electron chi connectivity index (χ2n) is 8.73. The first kappa shape index (κ1) is 21.1. The van der Waals surface area contributed by atoms with E-state index >= 15 is 0 Å². The molecule has 1 aliphatic heterocycles. The van der Waals surface area contributed by atoms with Crippen LogP contribution in [0.2, 0.25) is 0 Å². The van der Waals surface area contributed by atoms with Crippen molar-refractivity contribution in [1.29, 1.82) is 0 Å². The molecular formula is C25H29N3O3. The Hall–Kier alpha value is -3.12. The molecule has 6 nitrogen and oxygen atoms in total. The number of benzene rings is 1. The van der Waals surface area contributed by atoms with Crippen LogP contribution in [0, 0.1) is 11.8 Å². The summed E-state index contributed by atoms with van der Waals surface area (Å²) < 4.78 is 5.27. The van der Waals surface area contributed by atoms with Gasteiger partial charge in [0.05, 0.1) is 12.0 Å². The molecular weight excluding hydrogens is 390 g/mol. The molecule has 2 aromatic heterocycles. The lowest BCUT2D eigenvalue weighted by Gasteiger charge is -2.35. The number of hydrogen-bond acceptors (Lipinski definition) is 4. The lowest BCUT2D eigenvalue weighted by atomic mass is 9.91. The zero-order valence-electron chi connectivity index (χ0n) is 18.1. The van der Waals surface area contributed by atoms with E-state index < -0.39 is 11.5 Å². The molecule has 0 aliphatic carbocycles. The Morgan fingerprint density at radius 1 is 1.06 bits per heavy atom. The summed E-state index contributed by atoms with van der Waals surface area (Å²) in [5, 5.41) is 2.83. The van der Waals surface area contributed by atoms with Crippen LogP contribution in [-0.4, -0.2) is 28.9 Å². The van der Waals surface area contributed by atoms with Gasteiger partial charge in [-0.1, -0.05) is 38.1 Å². The average molecular weight is 420 g/mol. The van der Waals surface area contributed by atoms with Crippen molar-refractivity contribution in [2.45, 2.75) is 33.4 Å². The number of likely N-dealkylation sites (tertiary alicyclic amines) is 1. The topological polar surface area (TPSA) is 78.3 Å². The van der Waals surface area contributed by atoms with E-state index in [2.05, 4.69) is 41.2 Å². The zero-order valence-corrected chi connectivity index (χ0v) is 18.1. The molecule has 0 spiro atoms. The second-order valence-corrected chi connectivity index (χ2v) is 8.73. The van der Waals surface area contributed by atoms with Gasteiger partial charge in [-0.25, -0.2) is 0 Å². The number of amides is 1. The van der Waals surface area contributed by atoms with Crippen LogP contribution in [-0.2, 0) is 13.1 Å². The molecule has 162 valence electrons. The summed E-state index contributed by atoms with van der Waals surface area (Å²) in [6, 6.07) is 15.0. The number of hydrogen-bond donors (Lipinski definition) is 2. The summed E-state index contributed by atoms with van der Waals surface area (Å²) in [4.78, 5) is 30.0. The van der Waals surface area contributed by atoms with Gasteiger partial charge in [0.15, 0.2) is 0 Å². The molecule has 1 fully saturated rings. The summed E-state index contributed by atoms with van der Waals surface area (Å²) >= 11 is 0. The van der Waals surface area contributed by atoms with Gasteiger partial charge in [-0.05, 0) is 53.6 Å². The fourth-order valence-electron chi connectivity index (χ4n) is 4.45. The minimum Gasteiger partial charge on any atom is -0.463 e. The van der Waals surface area contributed by atoms with Crippen LogP contribution in [0.3, 0.4) is 0 Å². The number of rotatable bonds is 6. The third-order valence-corrected chi connectivity index (χ3v) is 5.77. The molecule has 31 heavy (non-hydrogen) atoms. The van der Waals surface area contributed by atoms with E-state index in [-0.39, 0.29) is 5.56 Å². The maximum Gasteiger partial charge on any atom is 0.261 e. The predicted octanol–water partition coefficient (Wildman–Crippen LogP) is 4.04. The first-order valence-corrected chi connectivity index (χ1v) is 10.8. The highest BCUT2D eigenvalue weighted by Crippen LogP contribution is 2.22. The standard InChI is InChI=1S/C25H29N3O3/c1-17-12-18(2)15-28(14-17)16-20-7-5-19(6-8-20)13-26-24(29)21-9-10-22(27-25(21)30)23-4-3-11-31-23/h3-11,17-18H,12-16H2,1-2H3,(H,26,29)(H,27,30). The fourth-order valence-corrected chi connectivity index (χ4v) is 4.45. The highest BCUT2D eigenvalue weighted by molar-refractivity contribution is 5.93. The number of piperidine rings is 1. The Morgan fingerprint density at radius 2 is 1.77 bits per heavy atom. The minimum absolute atomic E-state index is 0.0836. The molecule has 0 radical (unpaired) electrons. The average Bonchev–Trinajstić information content (AvgIpc) is 3.27. The first-order valence-electron chi connectivity index (χ1n) is 10.8. The van der Waals surface area contributed by atoms with E-state index in [9.17, 15) is 9.59 Å². The molecule has 2 N–H and O–H groups in total. The van der Waals surface area contributed by atoms with E-state index in [0.29, 0.717) is 18.0 Å². The highest BCUT2D eigenvalue weighted by atomic mass is 16.3. The highest BCUT2D eigenvalue weighted by Gasteiger charge is 2.21. The van der Waals surface area contributed by atoms with Crippen LogP contribution in [0.1, 0.15) is 41.8 Å². The number of nitrogens with zero attached hydrogens (tertiary/aromatic N) is 1. The van der Waals surface area contributed by atoms with Crippen LogP contribution in [0.25, 0.3) is 11.5 Å². The number of carbonyl (C=O) groups excluding carboxylic acids is 1. The normalized spacial score (nSPS) is 19.3. The van der Waals surface area contributed by atoms with Gasteiger partial charge in [0, 0.05) is 26.2 Å². The molecule has 4 rings (SSSR count). The van der Waals surface area contributed by atoms with Gasteiger partial charge in [0.2, 0.25) is 0 Å². The van der Waals surface area contributed by atoms with Gasteiger partial charge in [-0.2, -0.15) is 0 Å². The summed E-state index contributed by atoms with van der Waals surface area (Å²) in [7, 11) is 0. The number of furan rings is 1. The monoisotopic (exact) mass is 419 g/mol. The van der Waals surface area contributed by atoms with Crippen LogP contribution >= 0.6 is 0 Å². The van der Waals surface area contributed by atoms with Crippen LogP contribution in [0.4, 0.5) is 0 Å². The number of H-pyrrole nitrogens is 1. The maximum absolute atomic E-state index is 12.5. The van der Waals surface area contributed by atoms with Gasteiger partial charge < -0.3 is 14.7 Å². The fraction of sp³-hybridized carbons (Fsp3) is 0.360. The van der Waals surface area contributed by atoms with Crippen molar-refractivity contribution in [3.05, 3.63) is 81.8 Å². The molecule has 1 aliphatic rings. The van der Waals surface area contributed by atoms with E-state index in [4.69, 9.17) is 4.42 Å². The third-order valence-electron chi connectivity index (χ3n) is 5.77. The van der Waals surface area contributed by atoms with Gasteiger partial charge in [0.25, 0.3) is 11.5 Å². The Balaban J connectivity index is 1.33. The molecule has 3 heterocycles. The van der Waals surface area contributed by atoms with Crippen molar-refractivity contribution in [2.24, 2.45) is 11.8 Å². The molecule has 1 saturated heterocycles. The third kappa shape index (κ3) is 5.33. The molecule has 1 amide bonds. The van der Waals surface area contributed by atoms with Gasteiger partial charge in [-0.3, -0.25) is 14.5 Å². The van der Waals surface area contributed by atoms with Crippen molar-refractivity contribution >= 4 is 5.91 Å². The molecule has 0 bridgehead atoms. The number of aromatic amines is 1. The molecule has 2 unspecified atom stereocenters. The number of nitrogens with one attached hydrogen (secondary N) is 2. The Labute approximate surface area is 182 Å². The minimum atomic E-state index is -0.438. The molecule has 1 aromatic carbocycles. The molecule has 0 saturated carbocycles. The molecule has 3 aromatic rings. The van der Waals surface area contributed by atoms with Gasteiger partial charge in [0.1, 0.15) is 11.3 Å². The van der Waals surface area contributed by atoms with Crippen molar-refractivity contribution < 1.29 is 9.21 Å². The lowest BCUT2D eigenvalue weighted by molar-refractivity contribution is 0.0949. The van der Waals surface area contributed by atoms with Crippen molar-refractivity contribution in [1.82, 2.24) is 15.2 Å². The molecule has 2 atom stereocenters. The summed E-state index contributed by atoms with van der Waals surface area (Å²) in [5.41, 5.74) is 2.47. The van der Waals surface area contributed by atoms with Crippen molar-refractivity contribution in [3.63, 3.8) is 0 Å². The van der Waals surface area contributed by atoms with E-state index in [1.807, 2.05) is 12.1 Å². The van der Waals surface area contributed by atoms with Crippen molar-refractivity contribution in [3.8, 4) is 11.5 Å². The lowest BCUT2D eigenvalue weighted by Crippen LogP contribution is -2.38. The van der Waals surface area contributed by atoms with Crippen LogP contribution in [0.15, 0.2) is 64.0 Å². The van der Waals surface area contributed by atoms with Crippen molar-refractivity contribution in [2.75, 3.05) is 13.1 Å².